The number of amides is 2. The number of anilines is 2. The number of likely N-dealkylation sites (tertiary alicyclic amines) is 1. The molecular formula is C23H25FN6O3. The number of nitrogen functional groups attached to an aromatic ring is 2. The van der Waals surface area contributed by atoms with Crippen molar-refractivity contribution < 1.29 is 14.0 Å². The lowest BCUT2D eigenvalue weighted by atomic mass is 9.99. The molecule has 3 aromatic rings. The average Bonchev–Trinajstić information content (AvgIpc) is 2.75. The fourth-order valence-corrected chi connectivity index (χ4v) is 3.80. The summed E-state index contributed by atoms with van der Waals surface area (Å²) in [7, 11) is 0. The number of nitrogens with zero attached hydrogens (tertiary/aromatic N) is 3. The van der Waals surface area contributed by atoms with Gasteiger partial charge in [0.15, 0.2) is 0 Å². The first-order valence-corrected chi connectivity index (χ1v) is 10.4. The largest absolute Gasteiger partial charge is 0.396 e. The van der Waals surface area contributed by atoms with Crippen molar-refractivity contribution in [3.63, 3.8) is 0 Å². The van der Waals surface area contributed by atoms with E-state index >= 15 is 0 Å². The van der Waals surface area contributed by atoms with Gasteiger partial charge in [-0.1, -0.05) is 29.8 Å². The summed E-state index contributed by atoms with van der Waals surface area (Å²) in [4.78, 5) is 44.3. The van der Waals surface area contributed by atoms with Crippen molar-refractivity contribution in [2.75, 3.05) is 24.6 Å². The van der Waals surface area contributed by atoms with E-state index in [4.69, 9.17) is 11.5 Å². The topological polar surface area (TPSA) is 136 Å². The van der Waals surface area contributed by atoms with Crippen molar-refractivity contribution in [2.45, 2.75) is 32.6 Å². The Labute approximate surface area is 189 Å². The van der Waals surface area contributed by atoms with Crippen LogP contribution in [0.1, 0.15) is 28.4 Å². The highest BCUT2D eigenvalue weighted by molar-refractivity contribution is 6.01. The number of carbonyl (C=O) groups excluding carboxylic acids is 2. The monoisotopic (exact) mass is 452 g/mol. The second-order valence-electron chi connectivity index (χ2n) is 8.65. The molecule has 0 unspecified atom stereocenters. The van der Waals surface area contributed by atoms with Gasteiger partial charge in [0.2, 0.25) is 5.91 Å². The number of hydrogen-bond donors (Lipinski definition) is 3. The standard InChI is InChI=1S/C23H25FN6O3/c1-13-3-5-14(6-4-13)8-28-21(32)16-7-15-19(26)17(25)9-27-20(15)30(22(16)33)10-18(31)29-11-23(2,24)12-29/h3-7,9H,8,10-12,25H2,1-2H3,(H2,26,27)(H,28,32). The molecule has 1 fully saturated rings. The number of benzene rings is 1. The first kappa shape index (κ1) is 22.3. The van der Waals surface area contributed by atoms with Gasteiger partial charge in [0, 0.05) is 11.9 Å². The first-order valence-electron chi connectivity index (χ1n) is 10.4. The molecule has 2 aromatic heterocycles. The predicted octanol–water partition coefficient (Wildman–Crippen LogP) is 1.37. The van der Waals surface area contributed by atoms with Gasteiger partial charge in [0.05, 0.1) is 30.7 Å². The Kier molecular flexibility index (Phi) is 5.52. The van der Waals surface area contributed by atoms with Crippen molar-refractivity contribution in [1.82, 2.24) is 19.8 Å². The maximum absolute atomic E-state index is 13.8. The summed E-state index contributed by atoms with van der Waals surface area (Å²) in [5.41, 5.74) is 12.0. The molecule has 33 heavy (non-hydrogen) atoms. The lowest BCUT2D eigenvalue weighted by Crippen LogP contribution is -2.60. The van der Waals surface area contributed by atoms with E-state index < -0.39 is 29.6 Å². The van der Waals surface area contributed by atoms with Crippen LogP contribution in [0.2, 0.25) is 0 Å². The molecule has 9 nitrogen and oxygen atoms in total. The minimum absolute atomic E-state index is 0.0578. The van der Waals surface area contributed by atoms with Gasteiger partial charge in [0.1, 0.15) is 23.4 Å². The number of aromatic nitrogens is 2. The highest BCUT2D eigenvalue weighted by Crippen LogP contribution is 2.26. The van der Waals surface area contributed by atoms with E-state index in [1.54, 1.807) is 0 Å². The lowest BCUT2D eigenvalue weighted by molar-refractivity contribution is -0.144. The molecule has 1 aliphatic rings. The second-order valence-corrected chi connectivity index (χ2v) is 8.65. The summed E-state index contributed by atoms with van der Waals surface area (Å²) in [6.45, 7) is 3.06. The molecule has 0 atom stereocenters. The molecule has 0 radical (unpaired) electrons. The molecule has 1 aliphatic heterocycles. The Bertz CT molecular complexity index is 1310. The van der Waals surface area contributed by atoms with Crippen LogP contribution in [0.25, 0.3) is 11.0 Å². The Morgan fingerprint density at radius 3 is 2.52 bits per heavy atom. The van der Waals surface area contributed by atoms with E-state index in [0.717, 1.165) is 15.7 Å². The Morgan fingerprint density at radius 2 is 1.88 bits per heavy atom. The number of pyridine rings is 2. The van der Waals surface area contributed by atoms with Crippen LogP contribution < -0.4 is 22.3 Å². The highest BCUT2D eigenvalue weighted by Gasteiger charge is 2.41. The molecular weight excluding hydrogens is 427 g/mol. The van der Waals surface area contributed by atoms with E-state index in [9.17, 15) is 18.8 Å². The SMILES string of the molecule is Cc1ccc(CNC(=O)c2cc3c(N)c(N)cnc3n(CC(=O)N3CC(C)(F)C3)c2=O)cc1. The summed E-state index contributed by atoms with van der Waals surface area (Å²) < 4.78 is 14.9. The fourth-order valence-electron chi connectivity index (χ4n) is 3.80. The zero-order chi connectivity index (χ0) is 23.9. The minimum Gasteiger partial charge on any atom is -0.396 e. The minimum atomic E-state index is -1.45. The van der Waals surface area contributed by atoms with Crippen molar-refractivity contribution >= 4 is 34.2 Å². The number of halogens is 1. The van der Waals surface area contributed by atoms with Crippen molar-refractivity contribution in [2.24, 2.45) is 0 Å². The number of aryl methyl sites for hydroxylation is 1. The molecule has 10 heteroatoms. The molecule has 0 spiro atoms. The van der Waals surface area contributed by atoms with Gasteiger partial charge < -0.3 is 21.7 Å². The van der Waals surface area contributed by atoms with Crippen LogP contribution in [0.5, 0.6) is 0 Å². The van der Waals surface area contributed by atoms with E-state index in [0.29, 0.717) is 0 Å². The van der Waals surface area contributed by atoms with Gasteiger partial charge >= 0.3 is 0 Å². The van der Waals surface area contributed by atoms with Gasteiger partial charge in [-0.15, -0.1) is 0 Å². The second kappa shape index (κ2) is 8.19. The summed E-state index contributed by atoms with van der Waals surface area (Å²) >= 11 is 0. The van der Waals surface area contributed by atoms with Crippen molar-refractivity contribution in [3.05, 3.63) is 63.6 Å². The Hall–Kier alpha value is -3.95. The number of nitrogens with one attached hydrogen (secondary N) is 1. The highest BCUT2D eigenvalue weighted by atomic mass is 19.1. The first-order chi connectivity index (χ1) is 15.6. The number of rotatable bonds is 5. The molecule has 3 heterocycles. The molecule has 4 rings (SSSR count). The number of nitrogens with two attached hydrogens (primary N) is 2. The number of alkyl halides is 1. The van der Waals surface area contributed by atoms with Gasteiger partial charge in [-0.2, -0.15) is 0 Å². The van der Waals surface area contributed by atoms with E-state index in [1.807, 2.05) is 31.2 Å². The molecule has 2 amide bonds. The normalized spacial score (nSPS) is 14.7. The third-order valence-electron chi connectivity index (χ3n) is 5.69. The van der Waals surface area contributed by atoms with Crippen LogP contribution in [-0.4, -0.2) is 45.0 Å². The number of fused-ring (bicyclic) bond motifs is 1. The summed E-state index contributed by atoms with van der Waals surface area (Å²) in [5, 5.41) is 3.00. The molecule has 1 saturated heterocycles. The molecule has 0 bridgehead atoms. The number of carbonyl (C=O) groups is 2. The van der Waals surface area contributed by atoms with Crippen LogP contribution in [0.15, 0.2) is 41.3 Å². The summed E-state index contributed by atoms with van der Waals surface area (Å²) in [6.07, 6.45) is 1.29. The maximum atomic E-state index is 13.8. The third kappa shape index (κ3) is 4.36. The zero-order valence-electron chi connectivity index (χ0n) is 18.4. The molecule has 1 aromatic carbocycles. The van der Waals surface area contributed by atoms with Gasteiger partial charge in [-0.25, -0.2) is 9.37 Å². The van der Waals surface area contributed by atoms with Crippen LogP contribution in [0.4, 0.5) is 15.8 Å². The molecule has 172 valence electrons. The van der Waals surface area contributed by atoms with Crippen molar-refractivity contribution in [1.29, 1.82) is 0 Å². The van der Waals surface area contributed by atoms with Crippen LogP contribution >= 0.6 is 0 Å². The smallest absolute Gasteiger partial charge is 0.265 e. The summed E-state index contributed by atoms with van der Waals surface area (Å²) in [5.74, 6) is -1.08. The Balaban J connectivity index is 1.69. The molecule has 5 N–H and O–H groups in total. The molecule has 0 aliphatic carbocycles. The van der Waals surface area contributed by atoms with Crippen LogP contribution in [0.3, 0.4) is 0 Å². The maximum Gasteiger partial charge on any atom is 0.265 e. The lowest BCUT2D eigenvalue weighted by Gasteiger charge is -2.42. The van der Waals surface area contributed by atoms with Crippen LogP contribution in [-0.2, 0) is 17.9 Å². The van der Waals surface area contributed by atoms with E-state index in [1.165, 1.54) is 24.1 Å². The number of hydrogen-bond acceptors (Lipinski definition) is 6. The van der Waals surface area contributed by atoms with Crippen molar-refractivity contribution in [3.8, 4) is 0 Å². The quantitative estimate of drug-likeness (QED) is 0.535. The summed E-state index contributed by atoms with van der Waals surface area (Å²) in [6, 6.07) is 8.93. The van der Waals surface area contributed by atoms with Gasteiger partial charge in [-0.3, -0.25) is 19.0 Å². The average molecular weight is 452 g/mol. The van der Waals surface area contributed by atoms with E-state index in [2.05, 4.69) is 10.3 Å². The van der Waals surface area contributed by atoms with E-state index in [-0.39, 0.29) is 47.6 Å². The van der Waals surface area contributed by atoms with Gasteiger partial charge in [0.25, 0.3) is 11.5 Å². The third-order valence-corrected chi connectivity index (χ3v) is 5.69. The molecule has 0 saturated carbocycles. The fraction of sp³-hybridized carbons (Fsp3) is 0.304. The van der Waals surface area contributed by atoms with Crippen LogP contribution in [0, 0.1) is 6.92 Å². The van der Waals surface area contributed by atoms with Gasteiger partial charge in [-0.05, 0) is 25.5 Å². The zero-order valence-corrected chi connectivity index (χ0v) is 18.4. The predicted molar refractivity (Wildman–Crippen MR) is 123 cm³/mol. The Morgan fingerprint density at radius 1 is 1.21 bits per heavy atom.